The zero-order chi connectivity index (χ0) is 19.1. The van der Waals surface area contributed by atoms with Gasteiger partial charge in [-0.1, -0.05) is 11.6 Å². The molecule has 0 aliphatic carbocycles. The molecule has 0 saturated heterocycles. The summed E-state index contributed by atoms with van der Waals surface area (Å²) in [6.07, 6.45) is -6.54. The lowest BCUT2D eigenvalue weighted by molar-refractivity contribution is -0.187. The van der Waals surface area contributed by atoms with Gasteiger partial charge < -0.3 is 14.6 Å². The van der Waals surface area contributed by atoms with E-state index in [9.17, 15) is 18.0 Å². The van der Waals surface area contributed by atoms with Crippen LogP contribution in [0.4, 0.5) is 13.2 Å². The van der Waals surface area contributed by atoms with E-state index in [0.29, 0.717) is 5.75 Å². The summed E-state index contributed by atoms with van der Waals surface area (Å²) in [5, 5.41) is 9.14. The summed E-state index contributed by atoms with van der Waals surface area (Å²) >= 11 is 8.23. The molecular formula is C17H9ClF3IO4. The largest absolute Gasteiger partial charge is 0.478 e. The average Bonchev–Trinajstić information content (AvgIpc) is 2.55. The molecule has 0 aromatic heterocycles. The summed E-state index contributed by atoms with van der Waals surface area (Å²) in [5.41, 5.74) is -0.782. The Hall–Kier alpha value is -1.94. The molecule has 1 heterocycles. The van der Waals surface area contributed by atoms with E-state index in [1.54, 1.807) is 24.3 Å². The molecule has 1 atom stereocenters. The highest BCUT2D eigenvalue weighted by atomic mass is 127. The van der Waals surface area contributed by atoms with Gasteiger partial charge in [0.15, 0.2) is 0 Å². The fourth-order valence-electron chi connectivity index (χ4n) is 2.32. The standard InChI is InChI=1S/C17H9ClF3IO4/c18-12-6-8-5-11(16(23)24)15(17(19,20)21)26-13(8)7-14(12)25-10-3-1-9(22)2-4-10/h1-7,15H,(H,23,24). The van der Waals surface area contributed by atoms with Gasteiger partial charge in [0, 0.05) is 15.2 Å². The SMILES string of the molecule is O=C(O)C1=Cc2cc(Cl)c(Oc3ccc(I)cc3)cc2OC1C(F)(F)F. The molecule has 1 aliphatic rings. The minimum absolute atomic E-state index is 0.0970. The second-order valence-electron chi connectivity index (χ2n) is 5.32. The molecule has 0 bridgehead atoms. The first-order chi connectivity index (χ1) is 12.1. The fourth-order valence-corrected chi connectivity index (χ4v) is 2.89. The normalized spacial score (nSPS) is 16.3. The van der Waals surface area contributed by atoms with E-state index >= 15 is 0 Å². The zero-order valence-corrected chi connectivity index (χ0v) is 15.6. The van der Waals surface area contributed by atoms with Crippen molar-refractivity contribution in [2.75, 3.05) is 0 Å². The number of ether oxygens (including phenoxy) is 2. The Morgan fingerprint density at radius 3 is 2.46 bits per heavy atom. The molecule has 0 saturated carbocycles. The molecule has 9 heteroatoms. The van der Waals surface area contributed by atoms with Crippen molar-refractivity contribution in [2.24, 2.45) is 0 Å². The Morgan fingerprint density at radius 2 is 1.88 bits per heavy atom. The average molecular weight is 497 g/mol. The van der Waals surface area contributed by atoms with Gasteiger partial charge in [0.2, 0.25) is 6.10 Å². The molecule has 1 unspecified atom stereocenters. The van der Waals surface area contributed by atoms with Crippen molar-refractivity contribution in [3.8, 4) is 17.2 Å². The van der Waals surface area contributed by atoms with Crippen LogP contribution in [0.2, 0.25) is 5.02 Å². The molecule has 3 rings (SSSR count). The first-order valence-corrected chi connectivity index (χ1v) is 8.56. The van der Waals surface area contributed by atoms with Crippen LogP contribution in [0.3, 0.4) is 0 Å². The number of aliphatic carboxylic acids is 1. The first kappa shape index (κ1) is 18.8. The van der Waals surface area contributed by atoms with Gasteiger partial charge in [-0.3, -0.25) is 0 Å². The molecule has 136 valence electrons. The van der Waals surface area contributed by atoms with Crippen LogP contribution in [-0.4, -0.2) is 23.4 Å². The van der Waals surface area contributed by atoms with Crippen LogP contribution in [0.25, 0.3) is 6.08 Å². The van der Waals surface area contributed by atoms with Crippen molar-refractivity contribution >= 4 is 46.2 Å². The lowest BCUT2D eigenvalue weighted by Crippen LogP contribution is -2.40. The van der Waals surface area contributed by atoms with E-state index in [4.69, 9.17) is 26.2 Å². The smallest absolute Gasteiger partial charge is 0.430 e. The fraction of sp³-hybridized carbons (Fsp3) is 0.118. The minimum atomic E-state index is -4.88. The Labute approximate surface area is 164 Å². The van der Waals surface area contributed by atoms with E-state index in [2.05, 4.69) is 22.6 Å². The van der Waals surface area contributed by atoms with Gasteiger partial charge >= 0.3 is 12.1 Å². The number of fused-ring (bicyclic) bond motifs is 1. The lowest BCUT2D eigenvalue weighted by Gasteiger charge is -2.27. The third-order valence-corrected chi connectivity index (χ3v) is 4.50. The summed E-state index contributed by atoms with van der Waals surface area (Å²) in [6.45, 7) is 0. The number of carbonyl (C=O) groups is 1. The lowest BCUT2D eigenvalue weighted by atomic mass is 10.0. The minimum Gasteiger partial charge on any atom is -0.478 e. The van der Waals surface area contributed by atoms with Crippen molar-refractivity contribution in [3.05, 3.63) is 56.1 Å². The third-order valence-electron chi connectivity index (χ3n) is 3.49. The number of halogens is 5. The Kier molecular flexibility index (Phi) is 5.07. The number of hydrogen-bond acceptors (Lipinski definition) is 3. The van der Waals surface area contributed by atoms with E-state index in [1.165, 1.54) is 12.1 Å². The van der Waals surface area contributed by atoms with Crippen LogP contribution in [0.1, 0.15) is 5.56 Å². The van der Waals surface area contributed by atoms with Crippen LogP contribution in [0.15, 0.2) is 42.0 Å². The van der Waals surface area contributed by atoms with E-state index in [-0.39, 0.29) is 22.1 Å². The quantitative estimate of drug-likeness (QED) is 0.568. The first-order valence-electron chi connectivity index (χ1n) is 7.10. The molecule has 1 aliphatic heterocycles. The number of carboxylic acids is 1. The molecule has 0 amide bonds. The molecular weight excluding hydrogens is 488 g/mol. The van der Waals surface area contributed by atoms with Crippen molar-refractivity contribution in [2.45, 2.75) is 12.3 Å². The zero-order valence-electron chi connectivity index (χ0n) is 12.7. The second-order valence-corrected chi connectivity index (χ2v) is 6.97. The highest BCUT2D eigenvalue weighted by molar-refractivity contribution is 14.1. The van der Waals surface area contributed by atoms with E-state index in [1.807, 2.05) is 0 Å². The van der Waals surface area contributed by atoms with Crippen LogP contribution in [0.5, 0.6) is 17.2 Å². The summed E-state index contributed by atoms with van der Waals surface area (Å²) in [4.78, 5) is 11.1. The van der Waals surface area contributed by atoms with Gasteiger partial charge in [-0.05, 0) is 59.0 Å². The maximum Gasteiger partial charge on any atom is 0.430 e. The third kappa shape index (κ3) is 3.90. The Balaban J connectivity index is 2.00. The Morgan fingerprint density at radius 1 is 1.23 bits per heavy atom. The summed E-state index contributed by atoms with van der Waals surface area (Å²) in [7, 11) is 0. The van der Waals surface area contributed by atoms with Crippen molar-refractivity contribution < 1.29 is 32.5 Å². The van der Waals surface area contributed by atoms with Gasteiger partial charge in [-0.15, -0.1) is 0 Å². The molecule has 2 aromatic carbocycles. The summed E-state index contributed by atoms with van der Waals surface area (Å²) < 4.78 is 50.9. The molecule has 26 heavy (non-hydrogen) atoms. The number of alkyl halides is 3. The number of hydrogen-bond donors (Lipinski definition) is 1. The monoisotopic (exact) mass is 496 g/mol. The van der Waals surface area contributed by atoms with E-state index < -0.39 is 23.8 Å². The summed E-state index contributed by atoms with van der Waals surface area (Å²) in [6, 6.07) is 9.46. The van der Waals surface area contributed by atoms with Crippen molar-refractivity contribution in [3.63, 3.8) is 0 Å². The summed E-state index contributed by atoms with van der Waals surface area (Å²) in [5.74, 6) is -1.34. The van der Waals surface area contributed by atoms with Crippen molar-refractivity contribution in [1.82, 2.24) is 0 Å². The predicted octanol–water partition coefficient (Wildman–Crippen LogP) is 5.53. The molecule has 0 radical (unpaired) electrons. The molecule has 0 spiro atoms. The number of carboxylic acid groups (broad SMARTS) is 1. The molecule has 2 aromatic rings. The predicted molar refractivity (Wildman–Crippen MR) is 96.8 cm³/mol. The Bertz CT molecular complexity index is 894. The van der Waals surface area contributed by atoms with Crippen LogP contribution in [0, 0.1) is 3.57 Å². The van der Waals surface area contributed by atoms with Gasteiger partial charge in [0.25, 0.3) is 0 Å². The van der Waals surface area contributed by atoms with Gasteiger partial charge in [0.05, 0.1) is 10.6 Å². The maximum atomic E-state index is 13.1. The van der Waals surface area contributed by atoms with Gasteiger partial charge in [-0.2, -0.15) is 13.2 Å². The van der Waals surface area contributed by atoms with Crippen LogP contribution < -0.4 is 9.47 Å². The number of benzene rings is 2. The van der Waals surface area contributed by atoms with Crippen LogP contribution in [-0.2, 0) is 4.79 Å². The molecule has 4 nitrogen and oxygen atoms in total. The van der Waals surface area contributed by atoms with Crippen molar-refractivity contribution in [1.29, 1.82) is 0 Å². The highest BCUT2D eigenvalue weighted by Crippen LogP contribution is 2.42. The van der Waals surface area contributed by atoms with E-state index in [0.717, 1.165) is 9.65 Å². The second kappa shape index (κ2) is 6.99. The van der Waals surface area contributed by atoms with Gasteiger partial charge in [0.1, 0.15) is 17.2 Å². The number of rotatable bonds is 3. The highest BCUT2D eigenvalue weighted by Gasteiger charge is 2.48. The van der Waals surface area contributed by atoms with Crippen LogP contribution >= 0.6 is 34.2 Å². The molecule has 0 fully saturated rings. The topological polar surface area (TPSA) is 55.8 Å². The van der Waals surface area contributed by atoms with Gasteiger partial charge in [-0.25, -0.2) is 4.79 Å². The molecule has 1 N–H and O–H groups in total. The maximum absolute atomic E-state index is 13.1.